The number of amides is 2. The molecule has 8 heteroatoms. The van der Waals surface area contributed by atoms with Crippen LogP contribution < -0.4 is 14.4 Å². The van der Waals surface area contributed by atoms with Crippen LogP contribution in [-0.2, 0) is 14.4 Å². The summed E-state index contributed by atoms with van der Waals surface area (Å²) in [6.45, 7) is 2.23. The molecular weight excluding hydrogens is 352 g/mol. The summed E-state index contributed by atoms with van der Waals surface area (Å²) < 4.78 is 11.1. The molecule has 2 saturated heterocycles. The molecule has 3 aliphatic rings. The lowest BCUT2D eigenvalue weighted by Crippen LogP contribution is -2.45. The zero-order valence-electron chi connectivity index (χ0n) is 14.9. The van der Waals surface area contributed by atoms with E-state index in [0.717, 1.165) is 0 Å². The van der Waals surface area contributed by atoms with Crippen LogP contribution in [0.2, 0.25) is 0 Å². The summed E-state index contributed by atoms with van der Waals surface area (Å²) in [5.41, 5.74) is 0.698. The van der Waals surface area contributed by atoms with E-state index in [1.165, 1.54) is 0 Å². The van der Waals surface area contributed by atoms with Gasteiger partial charge in [0.15, 0.2) is 11.5 Å². The highest BCUT2D eigenvalue weighted by Crippen LogP contribution is 2.36. The van der Waals surface area contributed by atoms with Crippen LogP contribution in [0.15, 0.2) is 18.2 Å². The minimum absolute atomic E-state index is 0.191. The van der Waals surface area contributed by atoms with Gasteiger partial charge in [0.1, 0.15) is 19.1 Å². The van der Waals surface area contributed by atoms with Gasteiger partial charge in [-0.15, -0.1) is 0 Å². The van der Waals surface area contributed by atoms with E-state index >= 15 is 0 Å². The number of benzene rings is 1. The molecule has 8 nitrogen and oxygen atoms in total. The number of anilines is 1. The summed E-state index contributed by atoms with van der Waals surface area (Å²) in [5, 5.41) is 9.08. The smallest absolute Gasteiger partial charge is 0.306 e. The second-order valence-electron chi connectivity index (χ2n) is 7.10. The quantitative estimate of drug-likeness (QED) is 0.797. The summed E-state index contributed by atoms with van der Waals surface area (Å²) in [4.78, 5) is 39.9. The molecule has 2 amide bonds. The van der Waals surface area contributed by atoms with Crippen molar-refractivity contribution in [3.63, 3.8) is 0 Å². The minimum atomic E-state index is -0.816. The molecule has 0 spiro atoms. The summed E-state index contributed by atoms with van der Waals surface area (Å²) in [6.07, 6.45) is 1.34. The van der Waals surface area contributed by atoms with Crippen LogP contribution in [0.3, 0.4) is 0 Å². The Morgan fingerprint density at radius 1 is 1.00 bits per heavy atom. The Balaban J connectivity index is 1.43. The van der Waals surface area contributed by atoms with Gasteiger partial charge in [0.25, 0.3) is 0 Å². The highest BCUT2D eigenvalue weighted by molar-refractivity contribution is 6.09. The molecule has 3 heterocycles. The Hall–Kier alpha value is -2.77. The number of carboxylic acid groups (broad SMARTS) is 1. The van der Waals surface area contributed by atoms with E-state index in [4.69, 9.17) is 14.6 Å². The first-order valence-electron chi connectivity index (χ1n) is 9.27. The van der Waals surface area contributed by atoms with Crippen LogP contribution in [0, 0.1) is 11.8 Å². The third-order valence-corrected chi connectivity index (χ3v) is 5.50. The number of carbonyl (C=O) groups excluding carboxylic acids is 2. The monoisotopic (exact) mass is 374 g/mol. The van der Waals surface area contributed by atoms with Crippen LogP contribution in [0.4, 0.5) is 5.69 Å². The zero-order chi connectivity index (χ0) is 19.0. The van der Waals surface area contributed by atoms with Crippen LogP contribution in [0.5, 0.6) is 11.5 Å². The van der Waals surface area contributed by atoms with Crippen molar-refractivity contribution in [2.24, 2.45) is 11.8 Å². The summed E-state index contributed by atoms with van der Waals surface area (Å²) in [6, 6.07) is 5.36. The minimum Gasteiger partial charge on any atom is -0.486 e. The van der Waals surface area contributed by atoms with E-state index in [0.29, 0.717) is 69.3 Å². The average Bonchev–Trinajstić information content (AvgIpc) is 3.08. The molecule has 0 aliphatic carbocycles. The maximum atomic E-state index is 12.8. The van der Waals surface area contributed by atoms with E-state index in [1.54, 1.807) is 28.0 Å². The SMILES string of the molecule is O=C(O)C1CCN(C(=O)C2CCN(c3ccc4c(c3)OCCO4)C2=O)CC1. The Morgan fingerprint density at radius 3 is 2.41 bits per heavy atom. The van der Waals surface area contributed by atoms with E-state index in [2.05, 4.69) is 0 Å². The number of hydrogen-bond acceptors (Lipinski definition) is 5. The summed E-state index contributed by atoms with van der Waals surface area (Å²) >= 11 is 0. The van der Waals surface area contributed by atoms with Gasteiger partial charge in [0.2, 0.25) is 11.8 Å². The molecule has 0 aromatic heterocycles. The highest BCUT2D eigenvalue weighted by atomic mass is 16.6. The van der Waals surface area contributed by atoms with Gasteiger partial charge in [-0.1, -0.05) is 0 Å². The fourth-order valence-electron chi connectivity index (χ4n) is 3.93. The highest BCUT2D eigenvalue weighted by Gasteiger charge is 2.41. The van der Waals surface area contributed by atoms with E-state index < -0.39 is 17.8 Å². The Morgan fingerprint density at radius 2 is 1.70 bits per heavy atom. The average molecular weight is 374 g/mol. The summed E-state index contributed by atoms with van der Waals surface area (Å²) in [5.74, 6) is -1.05. The van der Waals surface area contributed by atoms with Crippen molar-refractivity contribution in [3.05, 3.63) is 18.2 Å². The lowest BCUT2D eigenvalue weighted by Gasteiger charge is -2.31. The van der Waals surface area contributed by atoms with E-state index in [1.807, 2.05) is 0 Å². The van der Waals surface area contributed by atoms with Gasteiger partial charge in [-0.05, 0) is 31.4 Å². The molecule has 144 valence electrons. The molecule has 0 saturated carbocycles. The first kappa shape index (κ1) is 17.6. The number of piperidine rings is 1. The number of carbonyl (C=O) groups is 3. The lowest BCUT2D eigenvalue weighted by molar-refractivity contribution is -0.148. The van der Waals surface area contributed by atoms with Crippen molar-refractivity contribution in [3.8, 4) is 11.5 Å². The molecule has 3 aliphatic heterocycles. The molecule has 2 fully saturated rings. The van der Waals surface area contributed by atoms with Gasteiger partial charge < -0.3 is 24.4 Å². The normalized spacial score (nSPS) is 22.8. The Labute approximate surface area is 156 Å². The molecule has 0 bridgehead atoms. The van der Waals surface area contributed by atoms with Crippen LogP contribution in [0.1, 0.15) is 19.3 Å². The van der Waals surface area contributed by atoms with Crippen molar-refractivity contribution in [2.45, 2.75) is 19.3 Å². The van der Waals surface area contributed by atoms with Gasteiger partial charge in [-0.25, -0.2) is 0 Å². The Bertz CT molecular complexity index is 771. The third-order valence-electron chi connectivity index (χ3n) is 5.50. The van der Waals surface area contributed by atoms with Crippen molar-refractivity contribution in [1.29, 1.82) is 0 Å². The number of hydrogen-bond donors (Lipinski definition) is 1. The summed E-state index contributed by atoms with van der Waals surface area (Å²) in [7, 11) is 0. The lowest BCUT2D eigenvalue weighted by atomic mass is 9.95. The van der Waals surface area contributed by atoms with Crippen LogP contribution >= 0.6 is 0 Å². The van der Waals surface area contributed by atoms with Gasteiger partial charge >= 0.3 is 5.97 Å². The number of rotatable bonds is 3. The molecule has 27 heavy (non-hydrogen) atoms. The van der Waals surface area contributed by atoms with Gasteiger partial charge in [-0.2, -0.15) is 0 Å². The second kappa shape index (κ2) is 7.09. The predicted molar refractivity (Wildman–Crippen MR) is 94.8 cm³/mol. The topological polar surface area (TPSA) is 96.4 Å². The van der Waals surface area contributed by atoms with E-state index in [-0.39, 0.29) is 11.8 Å². The van der Waals surface area contributed by atoms with Gasteiger partial charge in [0, 0.05) is 31.4 Å². The fraction of sp³-hybridized carbons (Fsp3) is 0.526. The van der Waals surface area contributed by atoms with Gasteiger partial charge in [-0.3, -0.25) is 14.4 Å². The standard InChI is InChI=1S/C19H22N2O6/c22-17(20-6-3-12(4-7-20)19(24)25)14-5-8-21(18(14)23)13-1-2-15-16(11-13)27-10-9-26-15/h1-2,11-12,14H,3-10H2,(H,24,25). The number of carboxylic acids is 1. The van der Waals surface area contributed by atoms with E-state index in [9.17, 15) is 14.4 Å². The first-order chi connectivity index (χ1) is 13.0. The third kappa shape index (κ3) is 3.31. The molecule has 4 rings (SSSR count). The molecule has 0 radical (unpaired) electrons. The molecular formula is C19H22N2O6. The predicted octanol–water partition coefficient (Wildman–Crippen LogP) is 1.13. The van der Waals surface area contributed by atoms with Gasteiger partial charge in [0.05, 0.1) is 5.92 Å². The van der Waals surface area contributed by atoms with Crippen LogP contribution in [-0.4, -0.2) is 60.6 Å². The van der Waals surface area contributed by atoms with Crippen molar-refractivity contribution in [2.75, 3.05) is 37.7 Å². The van der Waals surface area contributed by atoms with Crippen molar-refractivity contribution >= 4 is 23.5 Å². The number of fused-ring (bicyclic) bond motifs is 1. The fourth-order valence-corrected chi connectivity index (χ4v) is 3.93. The molecule has 1 aromatic rings. The zero-order valence-corrected chi connectivity index (χ0v) is 14.9. The molecule has 1 unspecified atom stereocenters. The number of nitrogens with zero attached hydrogens (tertiary/aromatic N) is 2. The molecule has 1 N–H and O–H groups in total. The molecule has 1 atom stereocenters. The van der Waals surface area contributed by atoms with Crippen molar-refractivity contribution in [1.82, 2.24) is 4.90 Å². The van der Waals surface area contributed by atoms with Crippen molar-refractivity contribution < 1.29 is 29.0 Å². The number of aliphatic carboxylic acids is 1. The second-order valence-corrected chi connectivity index (χ2v) is 7.10. The van der Waals surface area contributed by atoms with Crippen LogP contribution in [0.25, 0.3) is 0 Å². The Kier molecular flexibility index (Phi) is 4.63. The maximum absolute atomic E-state index is 12.8. The largest absolute Gasteiger partial charge is 0.486 e. The number of ether oxygens (including phenoxy) is 2. The molecule has 1 aromatic carbocycles. The number of likely N-dealkylation sites (tertiary alicyclic amines) is 1. The maximum Gasteiger partial charge on any atom is 0.306 e. The first-order valence-corrected chi connectivity index (χ1v) is 9.27.